The number of rotatable bonds is 5. The second-order valence-electron chi connectivity index (χ2n) is 3.85. The van der Waals surface area contributed by atoms with E-state index in [0.29, 0.717) is 11.5 Å². The number of nitrogens with zero attached hydrogens (tertiary/aromatic N) is 1. The monoisotopic (exact) mass is 273 g/mol. The number of hydrogen-bond acceptors (Lipinski definition) is 7. The minimum atomic E-state index is -1.28. The van der Waals surface area contributed by atoms with E-state index >= 15 is 0 Å². The second-order valence-corrected chi connectivity index (χ2v) is 3.85. The van der Waals surface area contributed by atoms with Crippen LogP contribution in [0.2, 0.25) is 0 Å². The van der Waals surface area contributed by atoms with Gasteiger partial charge in [-0.3, -0.25) is 19.2 Å². The van der Waals surface area contributed by atoms with Gasteiger partial charge in [-0.05, 0) is 6.42 Å². The van der Waals surface area contributed by atoms with Gasteiger partial charge in [-0.15, -0.1) is 0 Å². The van der Waals surface area contributed by atoms with E-state index in [9.17, 15) is 19.2 Å². The van der Waals surface area contributed by atoms with Crippen molar-refractivity contribution in [2.45, 2.75) is 45.8 Å². The molecule has 19 heavy (non-hydrogen) atoms. The molecule has 1 atom stereocenters. The normalized spacial score (nSPS) is 16.2. The summed E-state index contributed by atoms with van der Waals surface area (Å²) in [4.78, 5) is 49.1. The third kappa shape index (κ3) is 4.57. The molecule has 8 heteroatoms. The van der Waals surface area contributed by atoms with E-state index in [2.05, 4.69) is 9.57 Å². The molecule has 1 aliphatic heterocycles. The maximum absolute atomic E-state index is 11.3. The summed E-state index contributed by atoms with van der Waals surface area (Å²) >= 11 is 0. The van der Waals surface area contributed by atoms with Gasteiger partial charge in [-0.2, -0.15) is 0 Å². The Morgan fingerprint density at radius 3 is 2.32 bits per heavy atom. The van der Waals surface area contributed by atoms with Crippen LogP contribution in [0.25, 0.3) is 0 Å². The van der Waals surface area contributed by atoms with Crippen LogP contribution in [-0.2, 0) is 28.7 Å². The smallest absolute Gasteiger partial charge is 0.425 e. The summed E-state index contributed by atoms with van der Waals surface area (Å²) < 4.78 is 9.30. The quantitative estimate of drug-likeness (QED) is 0.416. The predicted molar refractivity (Wildman–Crippen MR) is 59.1 cm³/mol. The minimum Gasteiger partial charge on any atom is -0.425 e. The summed E-state index contributed by atoms with van der Waals surface area (Å²) in [6.07, 6.45) is -1.64. The van der Waals surface area contributed by atoms with Crippen molar-refractivity contribution in [3.63, 3.8) is 0 Å². The first kappa shape index (κ1) is 14.9. The summed E-state index contributed by atoms with van der Waals surface area (Å²) in [7, 11) is 0. The second kappa shape index (κ2) is 6.72. The molecule has 1 heterocycles. The van der Waals surface area contributed by atoms with Gasteiger partial charge >= 0.3 is 12.1 Å². The molecular formula is C11H15NO7. The molecule has 0 N–H and O–H groups in total. The van der Waals surface area contributed by atoms with Crippen LogP contribution in [0, 0.1) is 0 Å². The van der Waals surface area contributed by atoms with E-state index in [0.717, 1.165) is 0 Å². The summed E-state index contributed by atoms with van der Waals surface area (Å²) in [6, 6.07) is 0. The molecule has 1 aliphatic rings. The first-order chi connectivity index (χ1) is 8.93. The predicted octanol–water partition coefficient (Wildman–Crippen LogP) is 0.893. The van der Waals surface area contributed by atoms with Crippen molar-refractivity contribution in [3.8, 4) is 0 Å². The van der Waals surface area contributed by atoms with Crippen LogP contribution in [0.1, 0.15) is 39.5 Å². The van der Waals surface area contributed by atoms with Crippen molar-refractivity contribution in [3.05, 3.63) is 0 Å². The lowest BCUT2D eigenvalue weighted by atomic mass is 10.3. The highest BCUT2D eigenvalue weighted by molar-refractivity contribution is 6.01. The lowest BCUT2D eigenvalue weighted by molar-refractivity contribution is -0.191. The zero-order valence-electron chi connectivity index (χ0n) is 10.7. The van der Waals surface area contributed by atoms with Crippen molar-refractivity contribution < 1.29 is 33.5 Å². The van der Waals surface area contributed by atoms with Gasteiger partial charge in [0, 0.05) is 26.2 Å². The van der Waals surface area contributed by atoms with Crippen LogP contribution >= 0.6 is 0 Å². The molecule has 0 aliphatic carbocycles. The molecule has 0 aromatic carbocycles. The van der Waals surface area contributed by atoms with Crippen LogP contribution in [0.15, 0.2) is 0 Å². The fourth-order valence-electron chi connectivity index (χ4n) is 1.36. The number of ether oxygens (including phenoxy) is 2. The average molecular weight is 273 g/mol. The molecule has 0 aromatic heterocycles. The Hall–Kier alpha value is -2.12. The van der Waals surface area contributed by atoms with Crippen molar-refractivity contribution in [2.24, 2.45) is 0 Å². The van der Waals surface area contributed by atoms with Crippen molar-refractivity contribution >= 4 is 23.9 Å². The Morgan fingerprint density at radius 1 is 1.21 bits per heavy atom. The Balaban J connectivity index is 2.36. The van der Waals surface area contributed by atoms with Crippen LogP contribution < -0.4 is 0 Å². The molecule has 1 saturated heterocycles. The molecule has 1 fully saturated rings. The number of imide groups is 1. The average Bonchev–Trinajstić information content (AvgIpc) is 2.60. The van der Waals surface area contributed by atoms with E-state index in [4.69, 9.17) is 4.74 Å². The lowest BCUT2D eigenvalue weighted by Gasteiger charge is -2.16. The Kier molecular flexibility index (Phi) is 5.28. The van der Waals surface area contributed by atoms with Gasteiger partial charge in [0.15, 0.2) is 0 Å². The molecule has 1 rings (SSSR count). The van der Waals surface area contributed by atoms with Crippen LogP contribution in [0.5, 0.6) is 0 Å². The van der Waals surface area contributed by atoms with Gasteiger partial charge in [0.25, 0.3) is 11.8 Å². The molecule has 1 unspecified atom stereocenters. The fourth-order valence-corrected chi connectivity index (χ4v) is 1.36. The Bertz CT molecular complexity index is 377. The molecule has 106 valence electrons. The fraction of sp³-hybridized carbons (Fsp3) is 0.636. The first-order valence-electron chi connectivity index (χ1n) is 5.88. The molecule has 0 radical (unpaired) electrons. The highest BCUT2D eigenvalue weighted by Crippen LogP contribution is 2.13. The van der Waals surface area contributed by atoms with Gasteiger partial charge in [-0.1, -0.05) is 12.0 Å². The number of amides is 2. The SMILES string of the molecule is CCCC(=O)OC(C)OC(=O)ON1C(=O)CCC1=O. The van der Waals surface area contributed by atoms with Crippen LogP contribution in [0.4, 0.5) is 4.79 Å². The molecule has 0 spiro atoms. The summed E-state index contributed by atoms with van der Waals surface area (Å²) in [5.74, 6) is -1.74. The highest BCUT2D eigenvalue weighted by Gasteiger charge is 2.33. The van der Waals surface area contributed by atoms with Gasteiger partial charge < -0.3 is 9.47 Å². The van der Waals surface area contributed by atoms with E-state index in [1.165, 1.54) is 6.92 Å². The zero-order chi connectivity index (χ0) is 14.4. The summed E-state index contributed by atoms with van der Waals surface area (Å²) in [5, 5.41) is 0.350. The van der Waals surface area contributed by atoms with Crippen molar-refractivity contribution in [1.82, 2.24) is 5.06 Å². The first-order valence-corrected chi connectivity index (χ1v) is 5.88. The van der Waals surface area contributed by atoms with E-state index in [1.54, 1.807) is 6.92 Å². The molecule has 2 amide bonds. The van der Waals surface area contributed by atoms with Crippen LogP contribution in [-0.4, -0.2) is 35.3 Å². The largest absolute Gasteiger partial charge is 0.537 e. The molecule has 0 saturated carbocycles. The Morgan fingerprint density at radius 2 is 1.79 bits per heavy atom. The van der Waals surface area contributed by atoms with E-state index in [-0.39, 0.29) is 19.3 Å². The standard InChI is InChI=1S/C11H15NO7/c1-3-4-10(15)17-7(2)18-11(16)19-12-8(13)5-6-9(12)14/h7H,3-6H2,1-2H3. The number of carbonyl (C=O) groups excluding carboxylic acids is 4. The topological polar surface area (TPSA) is 99.2 Å². The van der Waals surface area contributed by atoms with E-state index in [1.807, 2.05) is 0 Å². The zero-order valence-corrected chi connectivity index (χ0v) is 10.7. The van der Waals surface area contributed by atoms with E-state index < -0.39 is 30.2 Å². The van der Waals surface area contributed by atoms with Crippen LogP contribution in [0.3, 0.4) is 0 Å². The number of esters is 1. The third-order valence-corrected chi connectivity index (χ3v) is 2.19. The lowest BCUT2D eigenvalue weighted by Crippen LogP contribution is -2.34. The minimum absolute atomic E-state index is 0.00679. The number of carbonyl (C=O) groups is 4. The van der Waals surface area contributed by atoms with Gasteiger partial charge in [0.1, 0.15) is 0 Å². The summed E-state index contributed by atoms with van der Waals surface area (Å²) in [5.41, 5.74) is 0. The number of hydroxylamine groups is 2. The maximum Gasteiger partial charge on any atom is 0.537 e. The van der Waals surface area contributed by atoms with Gasteiger partial charge in [0.05, 0.1) is 0 Å². The van der Waals surface area contributed by atoms with Crippen molar-refractivity contribution in [1.29, 1.82) is 0 Å². The Labute approximate surface area is 109 Å². The van der Waals surface area contributed by atoms with Gasteiger partial charge in [-0.25, -0.2) is 4.79 Å². The number of hydrogen-bond donors (Lipinski definition) is 0. The van der Waals surface area contributed by atoms with Gasteiger partial charge in [0.2, 0.25) is 6.29 Å². The maximum atomic E-state index is 11.3. The molecule has 0 aromatic rings. The van der Waals surface area contributed by atoms with Crippen molar-refractivity contribution in [2.75, 3.05) is 0 Å². The molecular weight excluding hydrogens is 258 g/mol. The molecule has 8 nitrogen and oxygen atoms in total. The highest BCUT2D eigenvalue weighted by atomic mass is 16.9. The summed E-state index contributed by atoms with van der Waals surface area (Å²) in [6.45, 7) is 3.12. The third-order valence-electron chi connectivity index (χ3n) is 2.19. The molecule has 0 bridgehead atoms.